The summed E-state index contributed by atoms with van der Waals surface area (Å²) in [6.45, 7) is 8.22. The van der Waals surface area contributed by atoms with Gasteiger partial charge in [-0.1, -0.05) is 13.8 Å². The topological polar surface area (TPSA) is 15.3 Å². The normalized spacial score (nSPS) is 27.6. The van der Waals surface area contributed by atoms with E-state index in [2.05, 4.69) is 40.9 Å². The van der Waals surface area contributed by atoms with E-state index in [4.69, 9.17) is 0 Å². The lowest BCUT2D eigenvalue weighted by Gasteiger charge is -2.48. The Hall–Kier alpha value is -0.380. The first-order valence-electron chi connectivity index (χ1n) is 7.76. The molecule has 0 amide bonds. The Morgan fingerprint density at radius 1 is 1.37 bits per heavy atom. The molecule has 1 aromatic rings. The van der Waals surface area contributed by atoms with E-state index < -0.39 is 0 Å². The van der Waals surface area contributed by atoms with Crippen LogP contribution in [0.3, 0.4) is 0 Å². The molecular weight excluding hydrogens is 252 g/mol. The van der Waals surface area contributed by atoms with Crippen LogP contribution in [-0.4, -0.2) is 29.6 Å². The first kappa shape index (κ1) is 13.6. The summed E-state index contributed by atoms with van der Waals surface area (Å²) in [7, 11) is 0. The third-order valence-corrected chi connectivity index (χ3v) is 5.88. The van der Waals surface area contributed by atoms with Gasteiger partial charge in [0.15, 0.2) is 0 Å². The van der Waals surface area contributed by atoms with Gasteiger partial charge in [0.1, 0.15) is 0 Å². The van der Waals surface area contributed by atoms with Gasteiger partial charge in [0.25, 0.3) is 0 Å². The van der Waals surface area contributed by atoms with Gasteiger partial charge in [-0.2, -0.15) is 11.3 Å². The highest BCUT2D eigenvalue weighted by atomic mass is 32.1. The van der Waals surface area contributed by atoms with Crippen molar-refractivity contribution in [3.8, 4) is 0 Å². The lowest BCUT2D eigenvalue weighted by molar-refractivity contribution is 0.0558. The standard InChI is InChI=1S/C16H26N2S/c1-3-16(4-2)12-18(10-13-7-8-19-11-13)15(9-17-16)14-5-6-14/h7-8,11,14-15,17H,3-6,9-10,12H2,1-2H3. The zero-order valence-corrected chi connectivity index (χ0v) is 13.0. The van der Waals surface area contributed by atoms with Gasteiger partial charge in [0.2, 0.25) is 0 Å². The zero-order chi connectivity index (χ0) is 13.3. The second-order valence-corrected chi connectivity index (χ2v) is 7.09. The minimum Gasteiger partial charge on any atom is -0.308 e. The van der Waals surface area contributed by atoms with E-state index in [0.29, 0.717) is 5.54 Å². The molecule has 19 heavy (non-hydrogen) atoms. The third kappa shape index (κ3) is 2.88. The van der Waals surface area contributed by atoms with E-state index in [-0.39, 0.29) is 0 Å². The molecule has 1 saturated heterocycles. The van der Waals surface area contributed by atoms with Gasteiger partial charge in [-0.3, -0.25) is 4.90 Å². The van der Waals surface area contributed by atoms with Gasteiger partial charge in [-0.15, -0.1) is 0 Å². The molecule has 1 N–H and O–H groups in total. The molecule has 0 radical (unpaired) electrons. The van der Waals surface area contributed by atoms with Crippen LogP contribution in [0.25, 0.3) is 0 Å². The molecule has 0 spiro atoms. The highest BCUT2D eigenvalue weighted by Crippen LogP contribution is 2.38. The van der Waals surface area contributed by atoms with E-state index in [9.17, 15) is 0 Å². The van der Waals surface area contributed by atoms with Crippen molar-refractivity contribution in [2.45, 2.75) is 57.7 Å². The van der Waals surface area contributed by atoms with E-state index in [0.717, 1.165) is 18.5 Å². The van der Waals surface area contributed by atoms with Gasteiger partial charge < -0.3 is 5.32 Å². The lowest BCUT2D eigenvalue weighted by atomic mass is 9.87. The number of nitrogens with zero attached hydrogens (tertiary/aromatic N) is 1. The molecule has 1 atom stereocenters. The van der Waals surface area contributed by atoms with Gasteiger partial charge in [0.05, 0.1) is 0 Å². The molecular formula is C16H26N2S. The lowest BCUT2D eigenvalue weighted by Crippen LogP contribution is -2.64. The zero-order valence-electron chi connectivity index (χ0n) is 12.2. The average Bonchev–Trinajstić information content (AvgIpc) is 3.16. The number of piperazine rings is 1. The molecule has 2 aliphatic rings. The quantitative estimate of drug-likeness (QED) is 0.887. The Morgan fingerprint density at radius 2 is 2.16 bits per heavy atom. The number of nitrogens with one attached hydrogen (secondary N) is 1. The molecule has 2 heterocycles. The minimum atomic E-state index is 0.349. The van der Waals surface area contributed by atoms with Crippen molar-refractivity contribution in [2.24, 2.45) is 5.92 Å². The number of hydrogen-bond acceptors (Lipinski definition) is 3. The first-order valence-corrected chi connectivity index (χ1v) is 8.71. The van der Waals surface area contributed by atoms with Crippen molar-refractivity contribution in [2.75, 3.05) is 13.1 Å². The summed E-state index contributed by atoms with van der Waals surface area (Å²) >= 11 is 1.82. The smallest absolute Gasteiger partial charge is 0.0304 e. The monoisotopic (exact) mass is 278 g/mol. The molecule has 0 aromatic carbocycles. The van der Waals surface area contributed by atoms with E-state index >= 15 is 0 Å². The van der Waals surface area contributed by atoms with Crippen molar-refractivity contribution in [1.82, 2.24) is 10.2 Å². The maximum atomic E-state index is 3.87. The summed E-state index contributed by atoms with van der Waals surface area (Å²) in [4.78, 5) is 2.77. The fraction of sp³-hybridized carbons (Fsp3) is 0.750. The van der Waals surface area contributed by atoms with Gasteiger partial charge in [-0.25, -0.2) is 0 Å². The van der Waals surface area contributed by atoms with Crippen molar-refractivity contribution >= 4 is 11.3 Å². The Balaban J connectivity index is 1.74. The van der Waals surface area contributed by atoms with Crippen molar-refractivity contribution in [3.63, 3.8) is 0 Å². The molecule has 3 rings (SSSR count). The molecule has 1 saturated carbocycles. The van der Waals surface area contributed by atoms with Crippen molar-refractivity contribution in [3.05, 3.63) is 22.4 Å². The molecule has 3 heteroatoms. The van der Waals surface area contributed by atoms with Crippen LogP contribution in [0.1, 0.15) is 45.1 Å². The summed E-state index contributed by atoms with van der Waals surface area (Å²) < 4.78 is 0. The molecule has 1 aliphatic carbocycles. The van der Waals surface area contributed by atoms with Crippen LogP contribution in [0.5, 0.6) is 0 Å². The van der Waals surface area contributed by atoms with Crippen LogP contribution in [0.2, 0.25) is 0 Å². The molecule has 2 nitrogen and oxygen atoms in total. The Bertz CT molecular complexity index is 393. The van der Waals surface area contributed by atoms with Crippen LogP contribution in [0.4, 0.5) is 0 Å². The number of hydrogen-bond donors (Lipinski definition) is 1. The maximum absolute atomic E-state index is 3.87. The molecule has 1 aromatic heterocycles. The molecule has 0 bridgehead atoms. The molecule has 1 unspecified atom stereocenters. The Kier molecular flexibility index (Phi) is 3.97. The highest BCUT2D eigenvalue weighted by molar-refractivity contribution is 7.07. The second-order valence-electron chi connectivity index (χ2n) is 6.31. The second kappa shape index (κ2) is 5.55. The number of rotatable bonds is 5. The SMILES string of the molecule is CCC1(CC)CN(Cc2ccsc2)C(C2CC2)CN1. The van der Waals surface area contributed by atoms with E-state index in [1.165, 1.54) is 44.3 Å². The van der Waals surface area contributed by atoms with Gasteiger partial charge >= 0.3 is 0 Å². The predicted molar refractivity (Wildman–Crippen MR) is 82.6 cm³/mol. The molecule has 1 aliphatic heterocycles. The van der Waals surface area contributed by atoms with Crippen LogP contribution < -0.4 is 5.32 Å². The summed E-state index contributed by atoms with van der Waals surface area (Å²) in [6, 6.07) is 3.06. The fourth-order valence-corrected chi connectivity index (χ4v) is 4.13. The number of thiophene rings is 1. The predicted octanol–water partition coefficient (Wildman–Crippen LogP) is 3.49. The maximum Gasteiger partial charge on any atom is 0.0304 e. The molecule has 2 fully saturated rings. The van der Waals surface area contributed by atoms with Crippen molar-refractivity contribution in [1.29, 1.82) is 0 Å². The molecule has 106 valence electrons. The van der Waals surface area contributed by atoms with E-state index in [1.807, 2.05) is 11.3 Å². The fourth-order valence-electron chi connectivity index (χ4n) is 3.47. The Morgan fingerprint density at radius 3 is 2.74 bits per heavy atom. The van der Waals surface area contributed by atoms with Crippen LogP contribution in [-0.2, 0) is 6.54 Å². The highest BCUT2D eigenvalue weighted by Gasteiger charge is 2.42. The first-order chi connectivity index (χ1) is 9.26. The summed E-state index contributed by atoms with van der Waals surface area (Å²) in [5.41, 5.74) is 1.85. The average molecular weight is 278 g/mol. The van der Waals surface area contributed by atoms with Crippen LogP contribution in [0.15, 0.2) is 16.8 Å². The largest absolute Gasteiger partial charge is 0.308 e. The van der Waals surface area contributed by atoms with Crippen molar-refractivity contribution < 1.29 is 0 Å². The summed E-state index contributed by atoms with van der Waals surface area (Å²) in [5.74, 6) is 0.956. The Labute approximate surface area is 121 Å². The van der Waals surface area contributed by atoms with Gasteiger partial charge in [-0.05, 0) is 54.0 Å². The van der Waals surface area contributed by atoms with Crippen LogP contribution in [0, 0.1) is 5.92 Å². The minimum absolute atomic E-state index is 0.349. The van der Waals surface area contributed by atoms with E-state index in [1.54, 1.807) is 0 Å². The third-order valence-electron chi connectivity index (χ3n) is 5.15. The van der Waals surface area contributed by atoms with Crippen LogP contribution >= 0.6 is 11.3 Å². The summed E-state index contributed by atoms with van der Waals surface area (Å²) in [6.07, 6.45) is 5.36. The summed E-state index contributed by atoms with van der Waals surface area (Å²) in [5, 5.41) is 8.39. The van der Waals surface area contributed by atoms with Gasteiger partial charge in [0, 0.05) is 31.2 Å².